The van der Waals surface area contributed by atoms with Gasteiger partial charge in [0.25, 0.3) is 0 Å². The summed E-state index contributed by atoms with van der Waals surface area (Å²) in [5.41, 5.74) is 4.51. The van der Waals surface area contributed by atoms with Gasteiger partial charge in [0.05, 0.1) is 6.61 Å². The maximum Gasteiger partial charge on any atom is 0.322 e. The van der Waals surface area contributed by atoms with Crippen molar-refractivity contribution < 1.29 is 9.90 Å². The van der Waals surface area contributed by atoms with Crippen LogP contribution in [0.5, 0.6) is 0 Å². The number of hydrogen-bond donors (Lipinski definition) is 2. The number of rotatable bonds is 5. The molecule has 0 heterocycles. The number of benzene rings is 2. The Morgan fingerprint density at radius 1 is 1.12 bits per heavy atom. The number of nitrogens with one attached hydrogen (secondary N) is 1. The first-order valence-corrected chi connectivity index (χ1v) is 9.49. The number of carbonyl (C=O) groups excluding carboxylic acids is 1. The number of hydrogen-bond acceptors (Lipinski definition) is 2. The highest BCUT2D eigenvalue weighted by molar-refractivity contribution is 9.10. The quantitative estimate of drug-likeness (QED) is 0.780. The highest BCUT2D eigenvalue weighted by Gasteiger charge is 2.18. The average Bonchev–Trinajstić information content (AvgIpc) is 2.63. The molecule has 2 aromatic rings. The van der Waals surface area contributed by atoms with E-state index in [0.29, 0.717) is 13.1 Å². The fraction of sp³-hybridized carbons (Fsp3) is 0.350. The molecule has 4 nitrogen and oxygen atoms in total. The van der Waals surface area contributed by atoms with Crippen LogP contribution in [0, 0.1) is 0 Å². The Hall–Kier alpha value is -1.85. The molecule has 2 amide bonds. The number of urea groups is 1. The lowest BCUT2D eigenvalue weighted by Gasteiger charge is -2.25. The van der Waals surface area contributed by atoms with Crippen LogP contribution in [0.3, 0.4) is 0 Å². The van der Waals surface area contributed by atoms with Gasteiger partial charge in [-0.25, -0.2) is 4.79 Å². The number of halogens is 1. The van der Waals surface area contributed by atoms with Gasteiger partial charge in [-0.15, -0.1) is 0 Å². The summed E-state index contributed by atoms with van der Waals surface area (Å²) in [7, 11) is 0. The van der Waals surface area contributed by atoms with Crippen LogP contribution < -0.4 is 5.32 Å². The van der Waals surface area contributed by atoms with Crippen molar-refractivity contribution in [3.05, 3.63) is 63.6 Å². The van der Waals surface area contributed by atoms with Crippen LogP contribution >= 0.6 is 15.9 Å². The van der Waals surface area contributed by atoms with Gasteiger partial charge in [0, 0.05) is 23.2 Å². The molecule has 0 saturated carbocycles. The van der Waals surface area contributed by atoms with Crippen molar-refractivity contribution >= 4 is 27.6 Å². The standard InChI is InChI=1S/C20H23BrN2O2/c21-18-10-4-2-7-16(18)14-23(12-13-24)20(25)22-19-11-5-8-15-6-1-3-9-17(15)19/h2,4-5,7-8,10-11,24H,1,3,6,9,12-14H2,(H,22,25). The van der Waals surface area contributed by atoms with Crippen molar-refractivity contribution in [2.45, 2.75) is 32.2 Å². The number of carbonyl (C=O) groups is 1. The molecule has 0 aromatic heterocycles. The maximum absolute atomic E-state index is 12.8. The molecule has 1 aliphatic rings. The molecular formula is C20H23BrN2O2. The highest BCUT2D eigenvalue weighted by atomic mass is 79.9. The molecule has 1 aliphatic carbocycles. The Balaban J connectivity index is 1.76. The Morgan fingerprint density at radius 3 is 2.72 bits per heavy atom. The predicted molar refractivity (Wildman–Crippen MR) is 104 cm³/mol. The second-order valence-corrected chi connectivity index (χ2v) is 7.17. The summed E-state index contributed by atoms with van der Waals surface area (Å²) in [6.45, 7) is 0.676. The molecule has 3 rings (SSSR count). The first-order valence-electron chi connectivity index (χ1n) is 8.70. The van der Waals surface area contributed by atoms with E-state index in [-0.39, 0.29) is 12.6 Å². The zero-order valence-corrected chi connectivity index (χ0v) is 15.8. The van der Waals surface area contributed by atoms with Crippen LogP contribution in [-0.4, -0.2) is 29.2 Å². The second kappa shape index (κ2) is 8.50. The Morgan fingerprint density at radius 2 is 1.92 bits per heavy atom. The number of aryl methyl sites for hydroxylation is 1. The molecule has 2 aromatic carbocycles. The Bertz CT molecular complexity index is 748. The lowest BCUT2D eigenvalue weighted by Crippen LogP contribution is -2.37. The number of aliphatic hydroxyl groups is 1. The van der Waals surface area contributed by atoms with Crippen LogP contribution in [0.4, 0.5) is 10.5 Å². The third-order valence-electron chi connectivity index (χ3n) is 4.61. The van der Waals surface area contributed by atoms with Gasteiger partial charge >= 0.3 is 6.03 Å². The summed E-state index contributed by atoms with van der Waals surface area (Å²) >= 11 is 3.52. The summed E-state index contributed by atoms with van der Waals surface area (Å²) in [5.74, 6) is 0. The fourth-order valence-corrected chi connectivity index (χ4v) is 3.71. The van der Waals surface area contributed by atoms with Gasteiger partial charge in [-0.05, 0) is 54.5 Å². The molecular weight excluding hydrogens is 380 g/mol. The third kappa shape index (κ3) is 4.41. The van der Waals surface area contributed by atoms with Crippen LogP contribution in [0.25, 0.3) is 0 Å². The van der Waals surface area contributed by atoms with Gasteiger partial charge in [0.2, 0.25) is 0 Å². The molecule has 0 unspecified atom stereocenters. The van der Waals surface area contributed by atoms with E-state index in [9.17, 15) is 9.90 Å². The van der Waals surface area contributed by atoms with Crippen LogP contribution in [0.15, 0.2) is 46.9 Å². The summed E-state index contributed by atoms with van der Waals surface area (Å²) in [4.78, 5) is 14.4. The van der Waals surface area contributed by atoms with Crippen molar-refractivity contribution in [2.75, 3.05) is 18.5 Å². The number of anilines is 1. The topological polar surface area (TPSA) is 52.6 Å². The van der Waals surface area contributed by atoms with Gasteiger partial charge in [-0.1, -0.05) is 46.3 Å². The summed E-state index contributed by atoms with van der Waals surface area (Å²) in [6.07, 6.45) is 4.46. The fourth-order valence-electron chi connectivity index (χ4n) is 3.30. The highest BCUT2D eigenvalue weighted by Crippen LogP contribution is 2.28. The molecule has 0 bridgehead atoms. The van der Waals surface area contributed by atoms with Gasteiger partial charge in [-0.3, -0.25) is 0 Å². The van der Waals surface area contributed by atoms with E-state index in [1.165, 1.54) is 17.5 Å². The smallest absolute Gasteiger partial charge is 0.322 e. The molecule has 0 spiro atoms. The lowest BCUT2D eigenvalue weighted by molar-refractivity contribution is 0.185. The molecule has 0 atom stereocenters. The van der Waals surface area contributed by atoms with E-state index in [0.717, 1.165) is 35.0 Å². The minimum absolute atomic E-state index is 0.0647. The Labute approximate surface area is 157 Å². The van der Waals surface area contributed by atoms with E-state index >= 15 is 0 Å². The van der Waals surface area contributed by atoms with Crippen molar-refractivity contribution in [1.82, 2.24) is 4.90 Å². The molecule has 5 heteroatoms. The normalized spacial score (nSPS) is 13.2. The van der Waals surface area contributed by atoms with E-state index in [1.54, 1.807) is 4.90 Å². The first-order chi connectivity index (χ1) is 12.2. The minimum atomic E-state index is -0.177. The molecule has 132 valence electrons. The van der Waals surface area contributed by atoms with E-state index in [4.69, 9.17) is 0 Å². The molecule has 25 heavy (non-hydrogen) atoms. The zero-order chi connectivity index (χ0) is 17.6. The van der Waals surface area contributed by atoms with Crippen molar-refractivity contribution in [3.63, 3.8) is 0 Å². The van der Waals surface area contributed by atoms with Crippen LogP contribution in [0.1, 0.15) is 29.5 Å². The minimum Gasteiger partial charge on any atom is -0.395 e. The van der Waals surface area contributed by atoms with Crippen molar-refractivity contribution in [1.29, 1.82) is 0 Å². The van der Waals surface area contributed by atoms with E-state index in [2.05, 4.69) is 27.3 Å². The van der Waals surface area contributed by atoms with Gasteiger partial charge < -0.3 is 15.3 Å². The summed E-state index contributed by atoms with van der Waals surface area (Å²) in [5, 5.41) is 12.4. The zero-order valence-electron chi connectivity index (χ0n) is 14.2. The maximum atomic E-state index is 12.8. The molecule has 0 aliphatic heterocycles. The third-order valence-corrected chi connectivity index (χ3v) is 5.39. The van der Waals surface area contributed by atoms with Gasteiger partial charge in [-0.2, -0.15) is 0 Å². The second-order valence-electron chi connectivity index (χ2n) is 6.32. The molecule has 0 radical (unpaired) electrons. The SMILES string of the molecule is O=C(Nc1cccc2c1CCCC2)N(CCO)Cc1ccccc1Br. The average molecular weight is 403 g/mol. The number of fused-ring (bicyclic) bond motifs is 1. The first kappa shape index (κ1) is 18.0. The largest absolute Gasteiger partial charge is 0.395 e. The van der Waals surface area contributed by atoms with Crippen molar-refractivity contribution in [3.8, 4) is 0 Å². The van der Waals surface area contributed by atoms with Crippen molar-refractivity contribution in [2.24, 2.45) is 0 Å². The van der Waals surface area contributed by atoms with Crippen LogP contribution in [0.2, 0.25) is 0 Å². The number of amides is 2. The predicted octanol–water partition coefficient (Wildman–Crippen LogP) is 4.35. The summed E-state index contributed by atoms with van der Waals surface area (Å²) in [6, 6.07) is 13.8. The van der Waals surface area contributed by atoms with E-state index < -0.39 is 0 Å². The monoisotopic (exact) mass is 402 g/mol. The number of nitrogens with zero attached hydrogens (tertiary/aromatic N) is 1. The van der Waals surface area contributed by atoms with Crippen LogP contribution in [-0.2, 0) is 19.4 Å². The van der Waals surface area contributed by atoms with Gasteiger partial charge in [0.1, 0.15) is 0 Å². The molecule has 2 N–H and O–H groups in total. The molecule has 0 saturated heterocycles. The van der Waals surface area contributed by atoms with Gasteiger partial charge in [0.15, 0.2) is 0 Å². The molecule has 0 fully saturated rings. The Kier molecular flexibility index (Phi) is 6.10. The van der Waals surface area contributed by atoms with E-state index in [1.807, 2.05) is 36.4 Å². The lowest BCUT2D eigenvalue weighted by atomic mass is 9.90. The summed E-state index contributed by atoms with van der Waals surface area (Å²) < 4.78 is 0.961. The number of aliphatic hydroxyl groups excluding tert-OH is 1.